The molecule has 1 atom stereocenters. The van der Waals surface area contributed by atoms with E-state index in [4.69, 9.17) is 0 Å². The number of rotatable bonds is 5. The summed E-state index contributed by atoms with van der Waals surface area (Å²) in [7, 11) is 4.50. The van der Waals surface area contributed by atoms with Crippen LogP contribution >= 0.6 is 0 Å². The van der Waals surface area contributed by atoms with Crippen LogP contribution in [-0.2, 0) is 5.41 Å². The van der Waals surface area contributed by atoms with E-state index in [0.717, 1.165) is 5.92 Å². The van der Waals surface area contributed by atoms with Crippen molar-refractivity contribution in [1.82, 2.24) is 4.90 Å². The maximum absolute atomic E-state index is 2.46. The van der Waals surface area contributed by atoms with Crippen LogP contribution in [0.2, 0.25) is 0 Å². The van der Waals surface area contributed by atoms with E-state index >= 15 is 0 Å². The Balaban J connectivity index is 0.00000112. The number of hydrogen-bond donors (Lipinski definition) is 0. The van der Waals surface area contributed by atoms with Gasteiger partial charge in [0.05, 0.1) is 0 Å². The average Bonchev–Trinajstić information content (AvgIpc) is 2.50. The molecule has 134 valence electrons. The smallest absolute Gasteiger partial charge is 0.0188 e. The van der Waals surface area contributed by atoms with Gasteiger partial charge < -0.3 is 4.90 Å². The van der Waals surface area contributed by atoms with E-state index in [9.17, 15) is 0 Å². The Labute approximate surface area is 146 Å². The number of nitrogens with zero attached hydrogens (tertiary/aromatic N) is 1. The molecule has 1 fully saturated rings. The Morgan fingerprint density at radius 3 is 1.74 bits per heavy atom. The van der Waals surface area contributed by atoms with Gasteiger partial charge in [-0.1, -0.05) is 77.8 Å². The minimum Gasteiger partial charge on any atom is -0.306 e. The van der Waals surface area contributed by atoms with Crippen LogP contribution in [0.4, 0.5) is 0 Å². The molecule has 1 aromatic rings. The van der Waals surface area contributed by atoms with Crippen LogP contribution in [0.1, 0.15) is 78.4 Å². The van der Waals surface area contributed by atoms with Gasteiger partial charge in [-0.3, -0.25) is 0 Å². The first kappa shape index (κ1) is 22.2. The summed E-state index contributed by atoms with van der Waals surface area (Å²) in [6.07, 6.45) is 5.38. The predicted molar refractivity (Wildman–Crippen MR) is 106 cm³/mol. The van der Waals surface area contributed by atoms with Crippen molar-refractivity contribution in [3.63, 3.8) is 0 Å². The van der Waals surface area contributed by atoms with Crippen LogP contribution in [-0.4, -0.2) is 25.0 Å². The highest BCUT2D eigenvalue weighted by atomic mass is 15.1. The molecular formula is C22H41N. The van der Waals surface area contributed by atoms with Crippen molar-refractivity contribution in [2.24, 2.45) is 5.92 Å². The maximum atomic E-state index is 2.46. The molecule has 0 heterocycles. The van der Waals surface area contributed by atoms with E-state index in [1.807, 2.05) is 27.7 Å². The molecule has 0 aliphatic heterocycles. The molecule has 0 radical (unpaired) electrons. The fourth-order valence-electron chi connectivity index (χ4n) is 3.63. The van der Waals surface area contributed by atoms with E-state index in [1.54, 1.807) is 5.56 Å². The Kier molecular flexibility index (Phi) is 10.5. The standard InChI is InChI=1S/C18H29N.2C2H6/c1-14(2)13-17(19(4)5)18(11-6-12-18)16-9-7-15(3)8-10-16;2*1-2/h7-10,14,17H,6,11-13H2,1-5H3;2*1-2H3. The van der Waals surface area contributed by atoms with Crippen LogP contribution in [0.15, 0.2) is 24.3 Å². The zero-order valence-electron chi connectivity index (χ0n) is 17.2. The minimum atomic E-state index is 0.404. The van der Waals surface area contributed by atoms with Crippen LogP contribution in [0.25, 0.3) is 0 Å². The molecule has 0 N–H and O–H groups in total. The summed E-state index contributed by atoms with van der Waals surface area (Å²) in [5.74, 6) is 0.760. The monoisotopic (exact) mass is 319 g/mol. The van der Waals surface area contributed by atoms with Crippen LogP contribution < -0.4 is 0 Å². The molecule has 2 rings (SSSR count). The molecule has 0 aromatic heterocycles. The molecular weight excluding hydrogens is 278 g/mol. The van der Waals surface area contributed by atoms with E-state index in [0.29, 0.717) is 11.5 Å². The molecule has 1 aliphatic carbocycles. The van der Waals surface area contributed by atoms with Crippen molar-refractivity contribution < 1.29 is 0 Å². The lowest BCUT2D eigenvalue weighted by Crippen LogP contribution is -2.52. The lowest BCUT2D eigenvalue weighted by atomic mass is 9.58. The van der Waals surface area contributed by atoms with Gasteiger partial charge in [-0.2, -0.15) is 0 Å². The molecule has 1 heteroatoms. The molecule has 1 unspecified atom stereocenters. The summed E-state index contributed by atoms with van der Waals surface area (Å²) in [6, 6.07) is 9.95. The molecule has 23 heavy (non-hydrogen) atoms. The van der Waals surface area contributed by atoms with Gasteiger partial charge in [-0.05, 0) is 51.8 Å². The zero-order chi connectivity index (χ0) is 18.0. The third kappa shape index (κ3) is 5.64. The van der Waals surface area contributed by atoms with Gasteiger partial charge in [0.15, 0.2) is 0 Å². The van der Waals surface area contributed by atoms with Gasteiger partial charge in [-0.15, -0.1) is 0 Å². The summed E-state index contributed by atoms with van der Waals surface area (Å²) >= 11 is 0. The molecule has 0 bridgehead atoms. The van der Waals surface area contributed by atoms with Gasteiger partial charge in [0.25, 0.3) is 0 Å². The number of likely N-dealkylation sites (N-methyl/N-ethyl adjacent to an activating group) is 1. The second-order valence-corrected chi connectivity index (χ2v) is 6.98. The predicted octanol–water partition coefficient (Wildman–Crippen LogP) is 6.45. The van der Waals surface area contributed by atoms with E-state index in [1.165, 1.54) is 31.2 Å². The van der Waals surface area contributed by atoms with Crippen molar-refractivity contribution in [3.05, 3.63) is 35.4 Å². The third-order valence-corrected chi connectivity index (χ3v) is 4.83. The normalized spacial score (nSPS) is 16.7. The summed E-state index contributed by atoms with van der Waals surface area (Å²) in [5.41, 5.74) is 3.33. The number of hydrogen-bond acceptors (Lipinski definition) is 1. The molecule has 0 amide bonds. The lowest BCUT2D eigenvalue weighted by molar-refractivity contribution is 0.0808. The Morgan fingerprint density at radius 2 is 1.43 bits per heavy atom. The topological polar surface area (TPSA) is 3.24 Å². The Hall–Kier alpha value is -0.820. The van der Waals surface area contributed by atoms with Crippen LogP contribution in [0.3, 0.4) is 0 Å². The fourth-order valence-corrected chi connectivity index (χ4v) is 3.63. The molecule has 1 aromatic carbocycles. The Morgan fingerprint density at radius 1 is 0.957 bits per heavy atom. The van der Waals surface area contributed by atoms with E-state index in [-0.39, 0.29) is 0 Å². The Bertz CT molecular complexity index is 398. The second kappa shape index (κ2) is 10.9. The SMILES string of the molecule is CC.CC.Cc1ccc(C2(C(CC(C)C)N(C)C)CCC2)cc1. The average molecular weight is 320 g/mol. The number of benzene rings is 1. The first-order valence-corrected chi connectivity index (χ1v) is 9.69. The second-order valence-electron chi connectivity index (χ2n) is 6.98. The summed E-state index contributed by atoms with van der Waals surface area (Å²) < 4.78 is 0. The zero-order valence-corrected chi connectivity index (χ0v) is 17.2. The van der Waals surface area contributed by atoms with Gasteiger partial charge in [-0.25, -0.2) is 0 Å². The van der Waals surface area contributed by atoms with Crippen molar-refractivity contribution >= 4 is 0 Å². The minimum absolute atomic E-state index is 0.404. The molecule has 0 saturated heterocycles. The van der Waals surface area contributed by atoms with Crippen molar-refractivity contribution in [2.75, 3.05) is 14.1 Å². The highest BCUT2D eigenvalue weighted by molar-refractivity contribution is 5.33. The quantitative estimate of drug-likeness (QED) is 0.603. The molecule has 1 nitrogen and oxygen atoms in total. The van der Waals surface area contributed by atoms with E-state index in [2.05, 4.69) is 64.0 Å². The first-order chi connectivity index (χ1) is 11.0. The fraction of sp³-hybridized carbons (Fsp3) is 0.727. The molecule has 1 aliphatic rings. The lowest BCUT2D eigenvalue weighted by Gasteiger charge is -2.51. The number of aryl methyl sites for hydroxylation is 1. The summed E-state index contributed by atoms with van der Waals surface area (Å²) in [5, 5.41) is 0. The third-order valence-electron chi connectivity index (χ3n) is 4.83. The molecule has 0 spiro atoms. The van der Waals surface area contributed by atoms with Crippen molar-refractivity contribution in [2.45, 2.75) is 85.6 Å². The van der Waals surface area contributed by atoms with Crippen molar-refractivity contribution in [1.29, 1.82) is 0 Å². The van der Waals surface area contributed by atoms with Crippen molar-refractivity contribution in [3.8, 4) is 0 Å². The van der Waals surface area contributed by atoms with Crippen LogP contribution in [0.5, 0.6) is 0 Å². The van der Waals surface area contributed by atoms with Crippen LogP contribution in [0, 0.1) is 12.8 Å². The van der Waals surface area contributed by atoms with Gasteiger partial charge in [0, 0.05) is 11.5 Å². The highest BCUT2D eigenvalue weighted by Gasteiger charge is 2.46. The highest BCUT2D eigenvalue weighted by Crippen LogP contribution is 2.49. The van der Waals surface area contributed by atoms with Gasteiger partial charge >= 0.3 is 0 Å². The maximum Gasteiger partial charge on any atom is 0.0188 e. The summed E-state index contributed by atoms with van der Waals surface area (Å²) in [4.78, 5) is 2.46. The largest absolute Gasteiger partial charge is 0.306 e. The van der Waals surface area contributed by atoms with E-state index < -0.39 is 0 Å². The first-order valence-electron chi connectivity index (χ1n) is 9.69. The van der Waals surface area contributed by atoms with Gasteiger partial charge in [0.1, 0.15) is 0 Å². The van der Waals surface area contributed by atoms with Gasteiger partial charge in [0.2, 0.25) is 0 Å². The summed E-state index contributed by atoms with van der Waals surface area (Å²) in [6.45, 7) is 14.9. The molecule has 1 saturated carbocycles.